The van der Waals surface area contributed by atoms with E-state index in [1.165, 1.54) is 6.92 Å². The van der Waals surface area contributed by atoms with Crippen LogP contribution in [0.15, 0.2) is 12.2 Å². The number of alkyl halides is 3. The van der Waals surface area contributed by atoms with Crippen LogP contribution < -0.4 is 0 Å². The minimum atomic E-state index is -5.06. The fraction of sp³-hybridized carbons (Fsp3) is 0.727. The number of hydrogen-bond donors (Lipinski definition) is 1. The van der Waals surface area contributed by atoms with Gasteiger partial charge in [-0.25, -0.2) is 4.79 Å². The molecule has 0 bridgehead atoms. The molecule has 1 aliphatic rings. The van der Waals surface area contributed by atoms with Crippen LogP contribution in [0.5, 0.6) is 0 Å². The molecule has 3 nitrogen and oxygen atoms in total. The van der Waals surface area contributed by atoms with Crippen LogP contribution in [0.3, 0.4) is 0 Å². The first kappa shape index (κ1) is 14.0. The van der Waals surface area contributed by atoms with Gasteiger partial charge in [0.05, 0.1) is 6.61 Å². The molecule has 0 aromatic rings. The van der Waals surface area contributed by atoms with E-state index in [2.05, 4.69) is 11.3 Å². The molecule has 17 heavy (non-hydrogen) atoms. The molecule has 0 amide bonds. The zero-order valence-electron chi connectivity index (χ0n) is 9.51. The maximum absolute atomic E-state index is 12.9. The smallest absolute Gasteiger partial charge is 0.428 e. The Kier molecular flexibility index (Phi) is 3.86. The highest BCUT2D eigenvalue weighted by atomic mass is 19.4. The van der Waals surface area contributed by atoms with Crippen molar-refractivity contribution in [2.45, 2.75) is 38.0 Å². The molecule has 2 atom stereocenters. The predicted octanol–water partition coefficient (Wildman–Crippen LogP) is 2.20. The van der Waals surface area contributed by atoms with E-state index in [0.717, 1.165) is 0 Å². The van der Waals surface area contributed by atoms with Crippen molar-refractivity contribution < 1.29 is 27.8 Å². The van der Waals surface area contributed by atoms with Crippen LogP contribution >= 0.6 is 0 Å². The number of hydrogen-bond acceptors (Lipinski definition) is 3. The molecular formula is C11H15F3O3. The summed E-state index contributed by atoms with van der Waals surface area (Å²) >= 11 is 0. The van der Waals surface area contributed by atoms with Crippen molar-refractivity contribution in [2.75, 3.05) is 6.61 Å². The summed E-state index contributed by atoms with van der Waals surface area (Å²) in [6.07, 6.45) is -4.09. The van der Waals surface area contributed by atoms with Gasteiger partial charge < -0.3 is 9.84 Å². The number of esters is 1. The van der Waals surface area contributed by atoms with Gasteiger partial charge in [0.1, 0.15) is 0 Å². The summed E-state index contributed by atoms with van der Waals surface area (Å²) in [5.74, 6) is -2.94. The number of ether oxygens (including phenoxy) is 1. The van der Waals surface area contributed by atoms with Gasteiger partial charge in [-0.05, 0) is 26.2 Å². The summed E-state index contributed by atoms with van der Waals surface area (Å²) in [6.45, 7) is 4.67. The summed E-state index contributed by atoms with van der Waals surface area (Å²) in [5.41, 5.74) is -3.21. The van der Waals surface area contributed by atoms with Crippen LogP contribution in [0.4, 0.5) is 13.2 Å². The molecule has 1 N–H and O–H groups in total. The minimum Gasteiger partial charge on any atom is -0.464 e. The van der Waals surface area contributed by atoms with Crippen molar-refractivity contribution in [3.8, 4) is 0 Å². The van der Waals surface area contributed by atoms with Crippen LogP contribution in [0.25, 0.3) is 0 Å². The van der Waals surface area contributed by atoms with Crippen molar-refractivity contribution in [3.05, 3.63) is 12.2 Å². The third-order valence-corrected chi connectivity index (χ3v) is 3.01. The standard InChI is InChI=1S/C11H15F3O3/c1-3-17-9(15)10(16,11(12,13)14)8-6-4-5-7(8)2/h8,16H,2-6H2,1H3/t8-,10-/m1/s1. The van der Waals surface area contributed by atoms with E-state index < -0.39 is 23.7 Å². The lowest BCUT2D eigenvalue weighted by atomic mass is 9.83. The average molecular weight is 252 g/mol. The van der Waals surface area contributed by atoms with Crippen molar-refractivity contribution in [3.63, 3.8) is 0 Å². The Bertz CT molecular complexity index is 324. The number of carbonyl (C=O) groups is 1. The lowest BCUT2D eigenvalue weighted by Crippen LogP contribution is -2.58. The normalized spacial score (nSPS) is 24.5. The van der Waals surface area contributed by atoms with Gasteiger partial charge in [-0.1, -0.05) is 12.2 Å². The fourth-order valence-electron chi connectivity index (χ4n) is 2.11. The summed E-state index contributed by atoms with van der Waals surface area (Å²) in [7, 11) is 0. The van der Waals surface area contributed by atoms with Crippen molar-refractivity contribution in [1.82, 2.24) is 0 Å². The van der Waals surface area contributed by atoms with Crippen LogP contribution in [-0.4, -0.2) is 29.5 Å². The first-order chi connectivity index (χ1) is 7.75. The molecule has 0 aromatic heterocycles. The van der Waals surface area contributed by atoms with E-state index in [9.17, 15) is 23.1 Å². The number of rotatable bonds is 3. The predicted molar refractivity (Wildman–Crippen MR) is 54.1 cm³/mol. The quantitative estimate of drug-likeness (QED) is 0.618. The monoisotopic (exact) mass is 252 g/mol. The third-order valence-electron chi connectivity index (χ3n) is 3.01. The second-order valence-corrected chi connectivity index (χ2v) is 4.09. The summed E-state index contributed by atoms with van der Waals surface area (Å²) < 4.78 is 43.1. The van der Waals surface area contributed by atoms with Gasteiger partial charge in [-0.3, -0.25) is 0 Å². The van der Waals surface area contributed by atoms with E-state index in [1.54, 1.807) is 0 Å². The van der Waals surface area contributed by atoms with E-state index in [0.29, 0.717) is 12.8 Å². The van der Waals surface area contributed by atoms with Gasteiger partial charge in [0, 0.05) is 5.92 Å². The molecule has 0 aromatic carbocycles. The molecule has 0 spiro atoms. The summed E-state index contributed by atoms with van der Waals surface area (Å²) in [4.78, 5) is 11.4. The van der Waals surface area contributed by atoms with E-state index >= 15 is 0 Å². The van der Waals surface area contributed by atoms with Crippen molar-refractivity contribution in [1.29, 1.82) is 0 Å². The Labute approximate surface area is 97.3 Å². The lowest BCUT2D eigenvalue weighted by Gasteiger charge is -2.33. The Morgan fingerprint density at radius 2 is 2.18 bits per heavy atom. The maximum Gasteiger partial charge on any atom is 0.428 e. The summed E-state index contributed by atoms with van der Waals surface area (Å²) in [5, 5.41) is 9.76. The maximum atomic E-state index is 12.9. The average Bonchev–Trinajstić information content (AvgIpc) is 2.62. The second kappa shape index (κ2) is 4.68. The molecule has 0 saturated heterocycles. The molecule has 0 unspecified atom stereocenters. The van der Waals surface area contributed by atoms with E-state index in [1.807, 2.05) is 0 Å². The van der Waals surface area contributed by atoms with Crippen LogP contribution in [-0.2, 0) is 9.53 Å². The molecule has 6 heteroatoms. The molecule has 1 aliphatic carbocycles. The fourth-order valence-corrected chi connectivity index (χ4v) is 2.11. The molecule has 1 saturated carbocycles. The Hall–Kier alpha value is -1.04. The molecule has 1 rings (SSSR count). The second-order valence-electron chi connectivity index (χ2n) is 4.09. The highest BCUT2D eigenvalue weighted by Gasteiger charge is 2.66. The van der Waals surface area contributed by atoms with Crippen molar-refractivity contribution in [2.24, 2.45) is 5.92 Å². The molecule has 0 aliphatic heterocycles. The molecular weight excluding hydrogens is 237 g/mol. The molecule has 0 heterocycles. The van der Waals surface area contributed by atoms with Crippen LogP contribution in [0.2, 0.25) is 0 Å². The highest BCUT2D eigenvalue weighted by molar-refractivity contribution is 5.81. The zero-order valence-corrected chi connectivity index (χ0v) is 9.51. The number of carbonyl (C=O) groups excluding carboxylic acids is 1. The van der Waals surface area contributed by atoms with Gasteiger partial charge in [0.15, 0.2) is 0 Å². The topological polar surface area (TPSA) is 46.5 Å². The molecule has 1 fully saturated rings. The third kappa shape index (κ3) is 2.31. The molecule has 0 radical (unpaired) electrons. The Morgan fingerprint density at radius 3 is 2.53 bits per heavy atom. The SMILES string of the molecule is C=C1CCC[C@H]1[C@@](O)(C(=O)OCC)C(F)(F)F. The first-order valence-corrected chi connectivity index (χ1v) is 5.39. The Balaban J connectivity index is 3.10. The van der Waals surface area contributed by atoms with Crippen molar-refractivity contribution >= 4 is 5.97 Å². The van der Waals surface area contributed by atoms with E-state index in [-0.39, 0.29) is 18.6 Å². The van der Waals surface area contributed by atoms with Gasteiger partial charge >= 0.3 is 12.1 Å². The van der Waals surface area contributed by atoms with Gasteiger partial charge in [-0.15, -0.1) is 0 Å². The zero-order chi connectivity index (χ0) is 13.3. The van der Waals surface area contributed by atoms with Gasteiger partial charge in [0.2, 0.25) is 0 Å². The van der Waals surface area contributed by atoms with E-state index in [4.69, 9.17) is 0 Å². The van der Waals surface area contributed by atoms with Gasteiger partial charge in [0.25, 0.3) is 5.60 Å². The lowest BCUT2D eigenvalue weighted by molar-refractivity contribution is -0.274. The largest absolute Gasteiger partial charge is 0.464 e. The summed E-state index contributed by atoms with van der Waals surface area (Å²) in [6, 6.07) is 0. The minimum absolute atomic E-state index is 0.0909. The molecule has 98 valence electrons. The van der Waals surface area contributed by atoms with Gasteiger partial charge in [-0.2, -0.15) is 13.2 Å². The number of halogens is 3. The first-order valence-electron chi connectivity index (χ1n) is 5.39. The van der Waals surface area contributed by atoms with Crippen LogP contribution in [0.1, 0.15) is 26.2 Å². The number of aliphatic hydroxyl groups is 1. The Morgan fingerprint density at radius 1 is 1.59 bits per heavy atom. The van der Waals surface area contributed by atoms with Crippen LogP contribution in [0, 0.1) is 5.92 Å². The highest BCUT2D eigenvalue weighted by Crippen LogP contribution is 2.46.